The number of nitrogens with two attached hydrogens (primary N) is 1. The summed E-state index contributed by atoms with van der Waals surface area (Å²) in [7, 11) is 0. The molecule has 0 saturated heterocycles. The van der Waals surface area contributed by atoms with Gasteiger partial charge in [0, 0.05) is 17.3 Å². The quantitative estimate of drug-likeness (QED) is 0.750. The van der Waals surface area contributed by atoms with Crippen LogP contribution in [0.15, 0.2) is 22.4 Å². The molecular formula is C10H12N4OS. The Bertz CT molecular complexity index is 546. The van der Waals surface area contributed by atoms with E-state index in [4.69, 9.17) is 5.73 Å². The van der Waals surface area contributed by atoms with Crippen molar-refractivity contribution in [2.24, 2.45) is 0 Å². The fraction of sp³-hybridized carbons (Fsp3) is 0.200. The molecule has 2 rings (SSSR count). The monoisotopic (exact) mass is 236 g/mol. The molecule has 0 aliphatic heterocycles. The number of rotatable bonds is 3. The number of nitrogens with one attached hydrogen (secondary N) is 2. The predicted octanol–water partition coefficient (Wildman–Crippen LogP) is 1.33. The molecule has 2 aromatic rings. The normalized spacial score (nSPS) is 10.3. The summed E-state index contributed by atoms with van der Waals surface area (Å²) >= 11 is 1.14. The van der Waals surface area contributed by atoms with Gasteiger partial charge in [0.05, 0.1) is 12.2 Å². The summed E-state index contributed by atoms with van der Waals surface area (Å²) in [4.78, 5) is 17.7. The lowest BCUT2D eigenvalue weighted by Crippen LogP contribution is -2.07. The molecule has 84 valence electrons. The van der Waals surface area contributed by atoms with Crippen LogP contribution in [0.3, 0.4) is 0 Å². The molecule has 2 heterocycles. The largest absolute Gasteiger partial charge is 0.396 e. The number of anilines is 2. The molecule has 0 fully saturated rings. The van der Waals surface area contributed by atoms with Crippen molar-refractivity contribution in [3.8, 4) is 0 Å². The lowest BCUT2D eigenvalue weighted by atomic mass is 10.2. The van der Waals surface area contributed by atoms with Crippen LogP contribution in [0.1, 0.15) is 11.3 Å². The summed E-state index contributed by atoms with van der Waals surface area (Å²) in [5, 5.41) is 4.86. The van der Waals surface area contributed by atoms with E-state index < -0.39 is 0 Å². The molecule has 0 aliphatic rings. The lowest BCUT2D eigenvalue weighted by molar-refractivity contribution is 1.04. The van der Waals surface area contributed by atoms with Crippen LogP contribution in [0.5, 0.6) is 0 Å². The Morgan fingerprint density at radius 3 is 3.12 bits per heavy atom. The standard InChI is InChI=1S/C10H12N4OS/c1-6-2-3-12-9(8(6)11)13-4-7-5-16-10(15)14-7/h2-3,5H,4,11H2,1H3,(H,12,13)(H,14,15). The van der Waals surface area contributed by atoms with Crippen LogP contribution in [0, 0.1) is 6.92 Å². The minimum atomic E-state index is -0.0537. The highest BCUT2D eigenvalue weighted by molar-refractivity contribution is 7.07. The zero-order valence-electron chi connectivity index (χ0n) is 8.78. The van der Waals surface area contributed by atoms with Crippen molar-refractivity contribution in [3.05, 3.63) is 38.6 Å². The molecular weight excluding hydrogens is 224 g/mol. The van der Waals surface area contributed by atoms with E-state index in [1.54, 1.807) is 11.6 Å². The van der Waals surface area contributed by atoms with E-state index in [2.05, 4.69) is 15.3 Å². The van der Waals surface area contributed by atoms with Gasteiger partial charge in [0.25, 0.3) is 0 Å². The van der Waals surface area contributed by atoms with E-state index >= 15 is 0 Å². The average molecular weight is 236 g/mol. The van der Waals surface area contributed by atoms with Gasteiger partial charge < -0.3 is 16.0 Å². The number of thiazole rings is 1. The fourth-order valence-electron chi connectivity index (χ4n) is 1.29. The van der Waals surface area contributed by atoms with Crippen molar-refractivity contribution in [1.82, 2.24) is 9.97 Å². The molecule has 0 unspecified atom stereocenters. The molecule has 0 atom stereocenters. The van der Waals surface area contributed by atoms with Crippen LogP contribution in [-0.2, 0) is 6.54 Å². The summed E-state index contributed by atoms with van der Waals surface area (Å²) in [5.74, 6) is 0.645. The van der Waals surface area contributed by atoms with Gasteiger partial charge >= 0.3 is 4.87 Å². The maximum atomic E-state index is 10.9. The van der Waals surface area contributed by atoms with Gasteiger partial charge in [-0.2, -0.15) is 0 Å². The zero-order chi connectivity index (χ0) is 11.5. The van der Waals surface area contributed by atoms with Crippen LogP contribution >= 0.6 is 11.3 Å². The highest BCUT2D eigenvalue weighted by atomic mass is 32.1. The number of nitrogen functional groups attached to an aromatic ring is 1. The van der Waals surface area contributed by atoms with Crippen molar-refractivity contribution >= 4 is 22.8 Å². The third kappa shape index (κ3) is 2.22. The van der Waals surface area contributed by atoms with Crippen molar-refractivity contribution in [3.63, 3.8) is 0 Å². The number of pyridine rings is 1. The SMILES string of the molecule is Cc1ccnc(NCc2csc(=O)[nH]2)c1N. The second kappa shape index (κ2) is 4.36. The molecule has 0 aromatic carbocycles. The van der Waals surface area contributed by atoms with Gasteiger partial charge in [0.15, 0.2) is 0 Å². The predicted molar refractivity (Wildman–Crippen MR) is 65.7 cm³/mol. The Morgan fingerprint density at radius 2 is 2.44 bits per heavy atom. The lowest BCUT2D eigenvalue weighted by Gasteiger charge is -2.08. The Morgan fingerprint density at radius 1 is 1.62 bits per heavy atom. The van der Waals surface area contributed by atoms with Crippen LogP contribution < -0.4 is 15.9 Å². The Balaban J connectivity index is 2.10. The Kier molecular flexibility index (Phi) is 2.91. The van der Waals surface area contributed by atoms with Crippen LogP contribution in [0.25, 0.3) is 0 Å². The Labute approximate surface area is 96.3 Å². The first-order valence-corrected chi connectivity index (χ1v) is 5.66. The van der Waals surface area contributed by atoms with Crippen LogP contribution in [-0.4, -0.2) is 9.97 Å². The number of nitrogens with zero attached hydrogens (tertiary/aromatic N) is 1. The highest BCUT2D eigenvalue weighted by Crippen LogP contribution is 2.18. The summed E-state index contributed by atoms with van der Waals surface area (Å²) in [6, 6.07) is 1.85. The highest BCUT2D eigenvalue weighted by Gasteiger charge is 2.03. The molecule has 4 N–H and O–H groups in total. The topological polar surface area (TPSA) is 83.8 Å². The minimum Gasteiger partial charge on any atom is -0.396 e. The first kappa shape index (κ1) is 10.7. The van der Waals surface area contributed by atoms with Crippen molar-refractivity contribution < 1.29 is 0 Å². The summed E-state index contributed by atoms with van der Waals surface area (Å²) in [5.41, 5.74) is 8.31. The van der Waals surface area contributed by atoms with Gasteiger partial charge in [-0.1, -0.05) is 11.3 Å². The number of hydrogen-bond donors (Lipinski definition) is 3. The van der Waals surface area contributed by atoms with Crippen LogP contribution in [0.4, 0.5) is 11.5 Å². The molecule has 0 radical (unpaired) electrons. The number of aromatic amines is 1. The van der Waals surface area contributed by atoms with Gasteiger partial charge in [-0.15, -0.1) is 0 Å². The van der Waals surface area contributed by atoms with E-state index in [9.17, 15) is 4.79 Å². The number of hydrogen-bond acceptors (Lipinski definition) is 5. The number of H-pyrrole nitrogens is 1. The minimum absolute atomic E-state index is 0.0537. The maximum Gasteiger partial charge on any atom is 0.304 e. The van der Waals surface area contributed by atoms with Gasteiger partial charge in [0.1, 0.15) is 5.82 Å². The number of aromatic nitrogens is 2. The third-order valence-electron chi connectivity index (χ3n) is 2.23. The van der Waals surface area contributed by atoms with E-state index in [-0.39, 0.29) is 4.87 Å². The smallest absolute Gasteiger partial charge is 0.304 e. The second-order valence-corrected chi connectivity index (χ2v) is 4.26. The fourth-order valence-corrected chi connectivity index (χ4v) is 1.87. The van der Waals surface area contributed by atoms with Crippen molar-refractivity contribution in [2.75, 3.05) is 11.1 Å². The summed E-state index contributed by atoms with van der Waals surface area (Å²) in [6.45, 7) is 2.44. The van der Waals surface area contributed by atoms with Crippen LogP contribution in [0.2, 0.25) is 0 Å². The Hall–Kier alpha value is -1.82. The molecule has 0 bridgehead atoms. The first-order chi connectivity index (χ1) is 7.66. The van der Waals surface area contributed by atoms with Crippen molar-refractivity contribution in [1.29, 1.82) is 0 Å². The summed E-state index contributed by atoms with van der Waals surface area (Å²) in [6.07, 6.45) is 1.70. The molecule has 2 aromatic heterocycles. The van der Waals surface area contributed by atoms with E-state index in [0.29, 0.717) is 18.1 Å². The third-order valence-corrected chi connectivity index (χ3v) is 2.94. The van der Waals surface area contributed by atoms with Gasteiger partial charge in [-0.3, -0.25) is 4.79 Å². The average Bonchev–Trinajstić information content (AvgIpc) is 2.67. The van der Waals surface area contributed by atoms with E-state index in [1.807, 2.05) is 13.0 Å². The van der Waals surface area contributed by atoms with Gasteiger partial charge in [-0.25, -0.2) is 4.98 Å². The molecule has 16 heavy (non-hydrogen) atoms. The molecule has 0 amide bonds. The van der Waals surface area contributed by atoms with E-state index in [1.165, 1.54) is 0 Å². The first-order valence-electron chi connectivity index (χ1n) is 4.78. The second-order valence-electron chi connectivity index (χ2n) is 3.42. The van der Waals surface area contributed by atoms with E-state index in [0.717, 1.165) is 22.6 Å². The van der Waals surface area contributed by atoms with Crippen molar-refractivity contribution in [2.45, 2.75) is 13.5 Å². The molecule has 6 heteroatoms. The molecule has 0 aliphatic carbocycles. The maximum absolute atomic E-state index is 10.9. The summed E-state index contributed by atoms with van der Waals surface area (Å²) < 4.78 is 0. The molecule has 0 spiro atoms. The molecule has 5 nitrogen and oxygen atoms in total. The number of aryl methyl sites for hydroxylation is 1. The van der Waals surface area contributed by atoms with Gasteiger partial charge in [0.2, 0.25) is 0 Å². The zero-order valence-corrected chi connectivity index (χ0v) is 9.60. The van der Waals surface area contributed by atoms with Gasteiger partial charge in [-0.05, 0) is 18.6 Å². The molecule has 0 saturated carbocycles.